The van der Waals surface area contributed by atoms with Crippen molar-refractivity contribution < 1.29 is 10.0 Å². The van der Waals surface area contributed by atoms with Crippen LogP contribution in [-0.4, -0.2) is 17.0 Å². The molecule has 0 fully saturated rings. The Kier molecular flexibility index (Phi) is 22.5. The number of hydroxylamine groups is 1. The predicted octanol–water partition coefficient (Wildman–Crippen LogP) is 7.53. The minimum atomic E-state index is -0.261. The third kappa shape index (κ3) is 21.8. The minimum Gasteiger partial charge on any atom is -0.289 e. The quantitative estimate of drug-likeness (QED) is 0.0921. The predicted molar refractivity (Wildman–Crippen MR) is 113 cm³/mol. The van der Waals surface area contributed by atoms with Gasteiger partial charge in [-0.05, 0) is 12.8 Å². The topological polar surface area (TPSA) is 49.3 Å². The van der Waals surface area contributed by atoms with Gasteiger partial charge in [0, 0.05) is 12.3 Å². The van der Waals surface area contributed by atoms with E-state index in [1.807, 2.05) is 0 Å². The second-order valence-electron chi connectivity index (χ2n) is 7.69. The zero-order valence-electron chi connectivity index (χ0n) is 17.1. The number of carbonyl (C=O) groups is 1. The second kappa shape index (κ2) is 22.8. The molecular formula is C22H44ClNO2. The van der Waals surface area contributed by atoms with Gasteiger partial charge in [-0.3, -0.25) is 10.0 Å². The summed E-state index contributed by atoms with van der Waals surface area (Å²) < 4.78 is 0. The van der Waals surface area contributed by atoms with E-state index in [4.69, 9.17) is 16.8 Å². The molecule has 156 valence electrons. The molecule has 4 heteroatoms. The minimum absolute atomic E-state index is 0.261. The van der Waals surface area contributed by atoms with E-state index >= 15 is 0 Å². The average Bonchev–Trinajstić information content (AvgIpc) is 2.66. The summed E-state index contributed by atoms with van der Waals surface area (Å²) in [5.41, 5.74) is 1.68. The monoisotopic (exact) mass is 389 g/mol. The van der Waals surface area contributed by atoms with Crippen molar-refractivity contribution in [3.63, 3.8) is 0 Å². The van der Waals surface area contributed by atoms with Crippen molar-refractivity contribution in [3.05, 3.63) is 0 Å². The van der Waals surface area contributed by atoms with Gasteiger partial charge in [0.25, 0.3) is 0 Å². The molecule has 0 radical (unpaired) electrons. The summed E-state index contributed by atoms with van der Waals surface area (Å²) in [6.07, 6.45) is 25.6. The van der Waals surface area contributed by atoms with Gasteiger partial charge in [-0.25, -0.2) is 5.48 Å². The number of unbranched alkanes of at least 4 members (excludes halogenated alkanes) is 18. The van der Waals surface area contributed by atoms with Gasteiger partial charge in [0.1, 0.15) is 0 Å². The van der Waals surface area contributed by atoms with E-state index in [9.17, 15) is 4.79 Å². The first kappa shape index (κ1) is 25.7. The molecule has 0 atom stereocenters. The first-order valence-electron chi connectivity index (χ1n) is 11.3. The van der Waals surface area contributed by atoms with Crippen LogP contribution >= 0.6 is 11.6 Å². The Morgan fingerprint density at radius 3 is 1.08 bits per heavy atom. The van der Waals surface area contributed by atoms with Crippen LogP contribution in [0.2, 0.25) is 0 Å². The van der Waals surface area contributed by atoms with E-state index in [0.29, 0.717) is 6.42 Å². The Hall–Kier alpha value is -0.280. The molecule has 0 aliphatic heterocycles. The number of hydrogen-bond donors (Lipinski definition) is 2. The van der Waals surface area contributed by atoms with E-state index in [-0.39, 0.29) is 5.91 Å². The molecule has 0 aromatic heterocycles. The van der Waals surface area contributed by atoms with E-state index in [2.05, 4.69) is 0 Å². The molecule has 26 heavy (non-hydrogen) atoms. The summed E-state index contributed by atoms with van der Waals surface area (Å²) in [5.74, 6) is 0.566. The molecule has 2 N–H and O–H groups in total. The maximum Gasteiger partial charge on any atom is 0.243 e. The molecule has 0 unspecified atom stereocenters. The van der Waals surface area contributed by atoms with Gasteiger partial charge in [0.2, 0.25) is 5.91 Å². The highest BCUT2D eigenvalue weighted by molar-refractivity contribution is 6.17. The van der Waals surface area contributed by atoms with Crippen LogP contribution in [0.1, 0.15) is 128 Å². The highest BCUT2D eigenvalue weighted by atomic mass is 35.5. The molecule has 1 amide bonds. The highest BCUT2D eigenvalue weighted by Gasteiger charge is 1.98. The highest BCUT2D eigenvalue weighted by Crippen LogP contribution is 2.14. The maximum atomic E-state index is 10.8. The SMILES string of the molecule is O=C(CCCCCCCCCCCCCCCCCCCCCCl)NO. The summed E-state index contributed by atoms with van der Waals surface area (Å²) in [4.78, 5) is 10.8. The van der Waals surface area contributed by atoms with Gasteiger partial charge in [0.05, 0.1) is 0 Å². The smallest absolute Gasteiger partial charge is 0.243 e. The summed E-state index contributed by atoms with van der Waals surface area (Å²) in [6, 6.07) is 0. The first-order valence-corrected chi connectivity index (χ1v) is 11.8. The first-order chi connectivity index (χ1) is 12.8. The van der Waals surface area contributed by atoms with Crippen molar-refractivity contribution >= 4 is 17.5 Å². The molecule has 0 aliphatic rings. The lowest BCUT2D eigenvalue weighted by Gasteiger charge is -2.04. The van der Waals surface area contributed by atoms with Crippen molar-refractivity contribution in [3.8, 4) is 0 Å². The van der Waals surface area contributed by atoms with Gasteiger partial charge >= 0.3 is 0 Å². The van der Waals surface area contributed by atoms with E-state index in [0.717, 1.165) is 18.7 Å². The number of amides is 1. The van der Waals surface area contributed by atoms with E-state index in [1.165, 1.54) is 109 Å². The van der Waals surface area contributed by atoms with Crippen molar-refractivity contribution in [1.82, 2.24) is 5.48 Å². The lowest BCUT2D eigenvalue weighted by Crippen LogP contribution is -2.17. The van der Waals surface area contributed by atoms with Gasteiger partial charge in [-0.15, -0.1) is 11.6 Å². The number of nitrogens with one attached hydrogen (secondary N) is 1. The Labute approximate surface area is 167 Å². The van der Waals surface area contributed by atoms with Gasteiger partial charge in [-0.2, -0.15) is 0 Å². The fourth-order valence-electron chi connectivity index (χ4n) is 3.44. The molecule has 0 heterocycles. The van der Waals surface area contributed by atoms with Crippen molar-refractivity contribution in [2.75, 3.05) is 5.88 Å². The summed E-state index contributed by atoms with van der Waals surface area (Å²) in [6.45, 7) is 0. The normalized spacial score (nSPS) is 11.0. The van der Waals surface area contributed by atoms with Crippen LogP contribution in [0.25, 0.3) is 0 Å². The van der Waals surface area contributed by atoms with Gasteiger partial charge in [0.15, 0.2) is 0 Å². The van der Waals surface area contributed by atoms with Gasteiger partial charge in [-0.1, -0.05) is 109 Å². The Bertz CT molecular complexity index is 287. The van der Waals surface area contributed by atoms with Crippen LogP contribution in [0, 0.1) is 0 Å². The van der Waals surface area contributed by atoms with Crippen molar-refractivity contribution in [1.29, 1.82) is 0 Å². The van der Waals surface area contributed by atoms with Crippen molar-refractivity contribution in [2.24, 2.45) is 0 Å². The Morgan fingerprint density at radius 1 is 0.538 bits per heavy atom. The fraction of sp³-hybridized carbons (Fsp3) is 0.955. The standard InChI is InChI=1S/C22H44ClNO2/c23-21-19-17-15-13-11-9-7-5-3-1-2-4-6-8-10-12-14-16-18-20-22(25)24-26/h26H,1-21H2,(H,24,25). The Morgan fingerprint density at radius 2 is 0.808 bits per heavy atom. The molecule has 0 aromatic rings. The van der Waals surface area contributed by atoms with Crippen LogP contribution in [0.5, 0.6) is 0 Å². The summed E-state index contributed by atoms with van der Waals surface area (Å²) in [5, 5.41) is 8.39. The van der Waals surface area contributed by atoms with Crippen LogP contribution < -0.4 is 5.48 Å². The average molecular weight is 390 g/mol. The fourth-order valence-corrected chi connectivity index (χ4v) is 3.63. The van der Waals surface area contributed by atoms with Crippen LogP contribution in [0.3, 0.4) is 0 Å². The number of halogens is 1. The molecule has 0 aliphatic carbocycles. The largest absolute Gasteiger partial charge is 0.289 e. The number of alkyl halides is 1. The van der Waals surface area contributed by atoms with Crippen LogP contribution in [0.15, 0.2) is 0 Å². The lowest BCUT2D eigenvalue weighted by molar-refractivity contribution is -0.129. The molecule has 0 rings (SSSR count). The van der Waals surface area contributed by atoms with Crippen molar-refractivity contribution in [2.45, 2.75) is 128 Å². The molecule has 0 saturated carbocycles. The molecule has 0 bridgehead atoms. The van der Waals surface area contributed by atoms with Crippen LogP contribution in [0.4, 0.5) is 0 Å². The summed E-state index contributed by atoms with van der Waals surface area (Å²) >= 11 is 5.68. The number of carbonyl (C=O) groups excluding carboxylic acids is 1. The van der Waals surface area contributed by atoms with Gasteiger partial charge < -0.3 is 0 Å². The van der Waals surface area contributed by atoms with E-state index in [1.54, 1.807) is 5.48 Å². The lowest BCUT2D eigenvalue weighted by atomic mass is 10.0. The third-order valence-corrected chi connectivity index (χ3v) is 5.43. The molecule has 3 nitrogen and oxygen atoms in total. The Balaban J connectivity index is 3.00. The number of hydrogen-bond acceptors (Lipinski definition) is 2. The zero-order valence-corrected chi connectivity index (χ0v) is 17.8. The molecular weight excluding hydrogens is 346 g/mol. The number of rotatable bonds is 21. The second-order valence-corrected chi connectivity index (χ2v) is 8.07. The molecule has 0 spiro atoms. The van der Waals surface area contributed by atoms with E-state index < -0.39 is 0 Å². The third-order valence-electron chi connectivity index (χ3n) is 5.16. The zero-order chi connectivity index (χ0) is 19.1. The molecule has 0 aromatic carbocycles. The summed E-state index contributed by atoms with van der Waals surface area (Å²) in [7, 11) is 0. The molecule has 0 saturated heterocycles. The van der Waals surface area contributed by atoms with Crippen LogP contribution in [-0.2, 0) is 4.79 Å². The maximum absolute atomic E-state index is 10.8.